The molecular formula is C13H16ClNO. The van der Waals surface area contributed by atoms with E-state index < -0.39 is 0 Å². The van der Waals surface area contributed by atoms with Gasteiger partial charge in [0.05, 0.1) is 0 Å². The summed E-state index contributed by atoms with van der Waals surface area (Å²) in [6.07, 6.45) is 2.03. The number of hydrogen-bond acceptors (Lipinski definition) is 1. The first-order valence-corrected chi connectivity index (χ1v) is 6.06. The molecule has 1 aromatic rings. The van der Waals surface area contributed by atoms with Crippen molar-refractivity contribution in [2.75, 3.05) is 13.1 Å². The van der Waals surface area contributed by atoms with Crippen LogP contribution in [0.15, 0.2) is 24.3 Å². The van der Waals surface area contributed by atoms with Gasteiger partial charge in [-0.2, -0.15) is 0 Å². The Kier molecular flexibility index (Phi) is 3.49. The molecule has 0 bridgehead atoms. The molecular weight excluding hydrogens is 222 g/mol. The van der Waals surface area contributed by atoms with Gasteiger partial charge >= 0.3 is 0 Å². The predicted molar refractivity (Wildman–Crippen MR) is 65.7 cm³/mol. The number of carbonyl (C=O) groups excluding carboxylic acids is 1. The molecule has 1 saturated heterocycles. The lowest BCUT2D eigenvalue weighted by molar-refractivity contribution is -0.129. The number of piperidine rings is 1. The number of rotatable bonds is 1. The molecule has 0 saturated carbocycles. The molecule has 1 aliphatic rings. The molecule has 1 aromatic carbocycles. The van der Waals surface area contributed by atoms with Crippen molar-refractivity contribution in [3.63, 3.8) is 0 Å². The van der Waals surface area contributed by atoms with Crippen LogP contribution >= 0.6 is 11.6 Å². The van der Waals surface area contributed by atoms with Gasteiger partial charge in [-0.15, -0.1) is 0 Å². The molecule has 1 fully saturated rings. The molecule has 16 heavy (non-hydrogen) atoms. The minimum absolute atomic E-state index is 0.178. The Morgan fingerprint density at radius 2 is 1.94 bits per heavy atom. The highest BCUT2D eigenvalue weighted by Crippen LogP contribution is 2.32. The summed E-state index contributed by atoms with van der Waals surface area (Å²) in [4.78, 5) is 13.1. The molecule has 0 unspecified atom stereocenters. The normalized spacial score (nSPS) is 17.5. The quantitative estimate of drug-likeness (QED) is 0.735. The number of halogens is 1. The third-order valence-electron chi connectivity index (χ3n) is 3.29. The van der Waals surface area contributed by atoms with Crippen LogP contribution in [-0.2, 0) is 4.79 Å². The van der Waals surface area contributed by atoms with Gasteiger partial charge in [-0.3, -0.25) is 4.79 Å². The van der Waals surface area contributed by atoms with E-state index in [1.54, 1.807) is 6.92 Å². The molecule has 0 atom stereocenters. The summed E-state index contributed by atoms with van der Waals surface area (Å²) < 4.78 is 0. The fourth-order valence-corrected chi connectivity index (χ4v) is 2.60. The first kappa shape index (κ1) is 11.5. The first-order valence-electron chi connectivity index (χ1n) is 5.68. The highest BCUT2D eigenvalue weighted by Gasteiger charge is 2.22. The Balaban J connectivity index is 2.05. The second-order valence-electron chi connectivity index (χ2n) is 4.30. The second-order valence-corrected chi connectivity index (χ2v) is 4.71. The fourth-order valence-electron chi connectivity index (χ4n) is 2.31. The van der Waals surface area contributed by atoms with Gasteiger partial charge in [0.25, 0.3) is 0 Å². The van der Waals surface area contributed by atoms with Crippen LogP contribution in [0, 0.1) is 0 Å². The van der Waals surface area contributed by atoms with E-state index in [2.05, 4.69) is 6.07 Å². The van der Waals surface area contributed by atoms with Gasteiger partial charge in [0.2, 0.25) is 5.91 Å². The van der Waals surface area contributed by atoms with Crippen molar-refractivity contribution in [2.45, 2.75) is 25.7 Å². The van der Waals surface area contributed by atoms with Gasteiger partial charge in [-0.25, -0.2) is 0 Å². The van der Waals surface area contributed by atoms with Crippen LogP contribution in [0.4, 0.5) is 0 Å². The third-order valence-corrected chi connectivity index (χ3v) is 3.63. The van der Waals surface area contributed by atoms with Crippen molar-refractivity contribution in [1.82, 2.24) is 4.90 Å². The largest absolute Gasteiger partial charge is 0.343 e. The van der Waals surface area contributed by atoms with E-state index in [-0.39, 0.29) is 5.91 Å². The van der Waals surface area contributed by atoms with Crippen LogP contribution in [0.2, 0.25) is 5.02 Å². The zero-order chi connectivity index (χ0) is 11.5. The van der Waals surface area contributed by atoms with E-state index in [9.17, 15) is 4.79 Å². The minimum atomic E-state index is 0.178. The van der Waals surface area contributed by atoms with E-state index in [1.165, 1.54) is 5.56 Å². The van der Waals surface area contributed by atoms with Crippen LogP contribution in [0.25, 0.3) is 0 Å². The summed E-state index contributed by atoms with van der Waals surface area (Å²) in [5.41, 5.74) is 1.23. The van der Waals surface area contributed by atoms with Crippen LogP contribution in [-0.4, -0.2) is 23.9 Å². The van der Waals surface area contributed by atoms with Gasteiger partial charge in [-0.1, -0.05) is 29.8 Å². The molecule has 0 radical (unpaired) electrons. The average Bonchev–Trinajstić information content (AvgIpc) is 2.30. The van der Waals surface area contributed by atoms with E-state index in [0.717, 1.165) is 31.0 Å². The van der Waals surface area contributed by atoms with Crippen LogP contribution < -0.4 is 0 Å². The zero-order valence-corrected chi connectivity index (χ0v) is 10.2. The summed E-state index contributed by atoms with van der Waals surface area (Å²) in [7, 11) is 0. The molecule has 1 amide bonds. The summed E-state index contributed by atoms with van der Waals surface area (Å²) in [5.74, 6) is 0.682. The van der Waals surface area contributed by atoms with Gasteiger partial charge < -0.3 is 4.90 Å². The Bertz CT molecular complexity index is 383. The number of amides is 1. The zero-order valence-electron chi connectivity index (χ0n) is 9.45. The highest BCUT2D eigenvalue weighted by atomic mass is 35.5. The lowest BCUT2D eigenvalue weighted by atomic mass is 9.89. The van der Waals surface area contributed by atoms with Crippen LogP contribution in [0.1, 0.15) is 31.2 Å². The monoisotopic (exact) mass is 237 g/mol. The Hall–Kier alpha value is -1.02. The van der Waals surface area contributed by atoms with E-state index in [1.807, 2.05) is 23.1 Å². The molecule has 1 heterocycles. The molecule has 3 heteroatoms. The molecule has 1 aliphatic heterocycles. The molecule has 2 rings (SSSR count). The SMILES string of the molecule is CC(=O)N1CCC(c2ccccc2Cl)CC1. The highest BCUT2D eigenvalue weighted by molar-refractivity contribution is 6.31. The summed E-state index contributed by atoms with van der Waals surface area (Å²) >= 11 is 6.18. The van der Waals surface area contributed by atoms with Crippen LogP contribution in [0.5, 0.6) is 0 Å². The number of hydrogen-bond donors (Lipinski definition) is 0. The van der Waals surface area contributed by atoms with Crippen molar-refractivity contribution in [1.29, 1.82) is 0 Å². The Morgan fingerprint density at radius 3 is 2.50 bits per heavy atom. The molecule has 0 N–H and O–H groups in total. The molecule has 86 valence electrons. The average molecular weight is 238 g/mol. The van der Waals surface area contributed by atoms with Crippen molar-refractivity contribution < 1.29 is 4.79 Å². The standard InChI is InChI=1S/C13H16ClNO/c1-10(16)15-8-6-11(7-9-15)12-4-2-3-5-13(12)14/h2-5,11H,6-9H2,1H3. The topological polar surface area (TPSA) is 20.3 Å². The fraction of sp³-hybridized carbons (Fsp3) is 0.462. The number of likely N-dealkylation sites (tertiary alicyclic amines) is 1. The Labute approximate surface area is 101 Å². The second kappa shape index (κ2) is 4.88. The minimum Gasteiger partial charge on any atom is -0.343 e. The predicted octanol–water partition coefficient (Wildman–Crippen LogP) is 3.07. The smallest absolute Gasteiger partial charge is 0.219 e. The summed E-state index contributed by atoms with van der Waals surface area (Å²) in [5, 5.41) is 0.851. The first-order chi connectivity index (χ1) is 7.68. The Morgan fingerprint density at radius 1 is 1.31 bits per heavy atom. The lowest BCUT2D eigenvalue weighted by Gasteiger charge is -2.31. The van der Waals surface area contributed by atoms with Gasteiger partial charge in [0.1, 0.15) is 0 Å². The van der Waals surface area contributed by atoms with Gasteiger partial charge in [0.15, 0.2) is 0 Å². The summed E-state index contributed by atoms with van der Waals surface area (Å²) in [6, 6.07) is 8.01. The van der Waals surface area contributed by atoms with E-state index in [0.29, 0.717) is 5.92 Å². The van der Waals surface area contributed by atoms with Crippen molar-refractivity contribution in [2.24, 2.45) is 0 Å². The van der Waals surface area contributed by atoms with Crippen molar-refractivity contribution >= 4 is 17.5 Å². The van der Waals surface area contributed by atoms with Gasteiger partial charge in [0, 0.05) is 25.0 Å². The van der Waals surface area contributed by atoms with Crippen molar-refractivity contribution in [3.05, 3.63) is 34.9 Å². The lowest BCUT2D eigenvalue weighted by Crippen LogP contribution is -2.36. The number of nitrogens with zero attached hydrogens (tertiary/aromatic N) is 1. The molecule has 0 aliphatic carbocycles. The van der Waals surface area contributed by atoms with E-state index in [4.69, 9.17) is 11.6 Å². The maximum absolute atomic E-state index is 11.2. The molecule has 0 aromatic heterocycles. The van der Waals surface area contributed by atoms with Gasteiger partial charge in [-0.05, 0) is 30.4 Å². The summed E-state index contributed by atoms with van der Waals surface area (Å²) in [6.45, 7) is 3.34. The van der Waals surface area contributed by atoms with Crippen molar-refractivity contribution in [3.8, 4) is 0 Å². The number of carbonyl (C=O) groups is 1. The molecule has 0 spiro atoms. The third kappa shape index (κ3) is 2.38. The van der Waals surface area contributed by atoms with Crippen LogP contribution in [0.3, 0.4) is 0 Å². The number of benzene rings is 1. The maximum Gasteiger partial charge on any atom is 0.219 e. The maximum atomic E-state index is 11.2. The molecule has 2 nitrogen and oxygen atoms in total. The van der Waals surface area contributed by atoms with E-state index >= 15 is 0 Å².